The first-order valence-corrected chi connectivity index (χ1v) is 7.54. The molecule has 0 amide bonds. The normalized spacial score (nSPS) is 23.2. The average Bonchev–Trinajstić information content (AvgIpc) is 2.43. The molecule has 0 radical (unpaired) electrons. The first-order valence-electron chi connectivity index (χ1n) is 7.54. The van der Waals surface area contributed by atoms with Crippen molar-refractivity contribution in [1.82, 2.24) is 4.90 Å². The van der Waals surface area contributed by atoms with Gasteiger partial charge in [-0.2, -0.15) is 0 Å². The van der Waals surface area contributed by atoms with Crippen molar-refractivity contribution in [1.29, 1.82) is 0 Å². The smallest absolute Gasteiger partial charge is 0.130 e. The third-order valence-corrected chi connectivity index (χ3v) is 4.19. The van der Waals surface area contributed by atoms with Gasteiger partial charge in [-0.15, -0.1) is 0 Å². The third kappa shape index (κ3) is 3.76. The minimum atomic E-state index is -0.446. The zero-order valence-electron chi connectivity index (χ0n) is 12.1. The Labute approximate surface area is 120 Å². The third-order valence-electron chi connectivity index (χ3n) is 4.19. The fourth-order valence-corrected chi connectivity index (χ4v) is 3.03. The van der Waals surface area contributed by atoms with E-state index in [0.29, 0.717) is 18.6 Å². The van der Waals surface area contributed by atoms with Crippen molar-refractivity contribution in [3.05, 3.63) is 35.4 Å². The molecule has 0 atom stereocenters. The predicted octanol–water partition coefficient (Wildman–Crippen LogP) is 3.45. The maximum Gasteiger partial charge on any atom is 0.130 e. The second-order valence-electron chi connectivity index (χ2n) is 5.74. The molecular formula is C16H24F2N2. The molecule has 20 heavy (non-hydrogen) atoms. The van der Waals surface area contributed by atoms with E-state index in [4.69, 9.17) is 5.73 Å². The molecule has 2 nitrogen and oxygen atoms in total. The molecule has 4 heteroatoms. The SMILES string of the molecule is CCCN(Cc1c(F)cccc1F)C1CCC(N)CC1. The van der Waals surface area contributed by atoms with Crippen molar-refractivity contribution in [3.63, 3.8) is 0 Å². The summed E-state index contributed by atoms with van der Waals surface area (Å²) in [5.41, 5.74) is 6.12. The molecule has 0 bridgehead atoms. The molecule has 0 saturated heterocycles. The van der Waals surface area contributed by atoms with E-state index in [0.717, 1.165) is 38.6 Å². The van der Waals surface area contributed by atoms with E-state index >= 15 is 0 Å². The van der Waals surface area contributed by atoms with Crippen LogP contribution in [0.25, 0.3) is 0 Å². The summed E-state index contributed by atoms with van der Waals surface area (Å²) in [6.07, 6.45) is 5.04. The average molecular weight is 282 g/mol. The summed E-state index contributed by atoms with van der Waals surface area (Å²) in [4.78, 5) is 2.22. The van der Waals surface area contributed by atoms with Crippen molar-refractivity contribution in [2.75, 3.05) is 6.54 Å². The number of benzene rings is 1. The van der Waals surface area contributed by atoms with Gasteiger partial charge >= 0.3 is 0 Å². The molecule has 2 rings (SSSR count). The summed E-state index contributed by atoms with van der Waals surface area (Å²) >= 11 is 0. The van der Waals surface area contributed by atoms with Gasteiger partial charge in [0.25, 0.3) is 0 Å². The maximum atomic E-state index is 13.8. The molecule has 0 aliphatic heterocycles. The highest BCUT2D eigenvalue weighted by molar-refractivity contribution is 5.19. The number of nitrogens with zero attached hydrogens (tertiary/aromatic N) is 1. The zero-order chi connectivity index (χ0) is 14.5. The van der Waals surface area contributed by atoms with Crippen LogP contribution >= 0.6 is 0 Å². The van der Waals surface area contributed by atoms with Crippen molar-refractivity contribution in [3.8, 4) is 0 Å². The number of halogens is 2. The fraction of sp³-hybridized carbons (Fsp3) is 0.625. The Hall–Kier alpha value is -1.00. The molecular weight excluding hydrogens is 258 g/mol. The van der Waals surface area contributed by atoms with Crippen LogP contribution in [0.3, 0.4) is 0 Å². The summed E-state index contributed by atoms with van der Waals surface area (Å²) < 4.78 is 27.6. The van der Waals surface area contributed by atoms with Crippen LogP contribution in [0.2, 0.25) is 0 Å². The zero-order valence-corrected chi connectivity index (χ0v) is 12.1. The summed E-state index contributed by atoms with van der Waals surface area (Å²) in [7, 11) is 0. The largest absolute Gasteiger partial charge is 0.328 e. The Kier molecular flexibility index (Phi) is 5.49. The van der Waals surface area contributed by atoms with Crippen LogP contribution in [0.4, 0.5) is 8.78 Å². The first kappa shape index (κ1) is 15.4. The number of hydrogen-bond donors (Lipinski definition) is 1. The lowest BCUT2D eigenvalue weighted by Crippen LogP contribution is -2.41. The van der Waals surface area contributed by atoms with E-state index in [9.17, 15) is 8.78 Å². The fourth-order valence-electron chi connectivity index (χ4n) is 3.03. The quantitative estimate of drug-likeness (QED) is 0.896. The lowest BCUT2D eigenvalue weighted by Gasteiger charge is -2.36. The molecule has 1 aromatic rings. The van der Waals surface area contributed by atoms with Crippen LogP contribution in [-0.2, 0) is 6.54 Å². The molecule has 1 aliphatic rings. The molecule has 0 unspecified atom stereocenters. The minimum absolute atomic E-state index is 0.191. The molecule has 1 saturated carbocycles. The summed E-state index contributed by atoms with van der Waals surface area (Å²) in [6.45, 7) is 3.32. The van der Waals surface area contributed by atoms with Crippen molar-refractivity contribution in [2.45, 2.75) is 57.7 Å². The van der Waals surface area contributed by atoms with Crippen LogP contribution in [0.15, 0.2) is 18.2 Å². The molecule has 2 N–H and O–H groups in total. The van der Waals surface area contributed by atoms with Gasteiger partial charge in [0.05, 0.1) is 0 Å². The van der Waals surface area contributed by atoms with E-state index in [1.54, 1.807) is 0 Å². The van der Waals surface area contributed by atoms with Gasteiger partial charge in [-0.3, -0.25) is 4.90 Å². The summed E-state index contributed by atoms with van der Waals surface area (Å²) in [5.74, 6) is -0.891. The number of rotatable bonds is 5. The Morgan fingerprint density at radius 1 is 1.15 bits per heavy atom. The van der Waals surface area contributed by atoms with Gasteiger partial charge in [0, 0.05) is 24.2 Å². The van der Waals surface area contributed by atoms with E-state index < -0.39 is 11.6 Å². The first-order chi connectivity index (χ1) is 9.61. The van der Waals surface area contributed by atoms with Crippen LogP contribution in [0.1, 0.15) is 44.6 Å². The predicted molar refractivity (Wildman–Crippen MR) is 77.3 cm³/mol. The second-order valence-corrected chi connectivity index (χ2v) is 5.74. The molecule has 0 heterocycles. The van der Waals surface area contributed by atoms with E-state index in [1.165, 1.54) is 18.2 Å². The molecule has 1 aliphatic carbocycles. The highest BCUT2D eigenvalue weighted by Gasteiger charge is 2.25. The lowest BCUT2D eigenvalue weighted by atomic mass is 9.90. The van der Waals surface area contributed by atoms with Gasteiger partial charge in [0.15, 0.2) is 0 Å². The van der Waals surface area contributed by atoms with Crippen molar-refractivity contribution < 1.29 is 8.78 Å². The number of nitrogens with two attached hydrogens (primary N) is 1. The highest BCUT2D eigenvalue weighted by atomic mass is 19.1. The number of hydrogen-bond acceptors (Lipinski definition) is 2. The van der Waals surface area contributed by atoms with Gasteiger partial charge in [-0.05, 0) is 50.8 Å². The van der Waals surface area contributed by atoms with Crippen LogP contribution in [0, 0.1) is 11.6 Å². The highest BCUT2D eigenvalue weighted by Crippen LogP contribution is 2.25. The Morgan fingerprint density at radius 2 is 1.75 bits per heavy atom. The standard InChI is InChI=1S/C16H24F2N2/c1-2-10-20(13-8-6-12(19)7-9-13)11-14-15(17)4-3-5-16(14)18/h3-5,12-13H,2,6-11,19H2,1H3. The maximum absolute atomic E-state index is 13.8. The van der Waals surface area contributed by atoms with Gasteiger partial charge in [-0.1, -0.05) is 13.0 Å². The molecule has 112 valence electrons. The molecule has 0 aromatic heterocycles. The van der Waals surface area contributed by atoms with Gasteiger partial charge in [0.2, 0.25) is 0 Å². The lowest BCUT2D eigenvalue weighted by molar-refractivity contribution is 0.139. The topological polar surface area (TPSA) is 29.3 Å². The van der Waals surface area contributed by atoms with Crippen LogP contribution in [-0.4, -0.2) is 23.5 Å². The second kappa shape index (κ2) is 7.14. The molecule has 0 spiro atoms. The summed E-state index contributed by atoms with van der Waals surface area (Å²) in [5, 5.41) is 0. The van der Waals surface area contributed by atoms with Gasteiger partial charge in [-0.25, -0.2) is 8.78 Å². The van der Waals surface area contributed by atoms with Crippen molar-refractivity contribution >= 4 is 0 Å². The Morgan fingerprint density at radius 3 is 2.30 bits per heavy atom. The minimum Gasteiger partial charge on any atom is -0.328 e. The Bertz CT molecular complexity index is 408. The van der Waals surface area contributed by atoms with E-state index in [1.807, 2.05) is 0 Å². The summed E-state index contributed by atoms with van der Waals surface area (Å²) in [6, 6.07) is 4.77. The van der Waals surface area contributed by atoms with Gasteiger partial charge in [0.1, 0.15) is 11.6 Å². The molecule has 1 aromatic carbocycles. The van der Waals surface area contributed by atoms with Gasteiger partial charge < -0.3 is 5.73 Å². The Balaban J connectivity index is 2.09. The van der Waals surface area contributed by atoms with E-state index in [2.05, 4.69) is 11.8 Å². The van der Waals surface area contributed by atoms with Crippen LogP contribution < -0.4 is 5.73 Å². The van der Waals surface area contributed by atoms with Crippen LogP contribution in [0.5, 0.6) is 0 Å². The monoisotopic (exact) mass is 282 g/mol. The van der Waals surface area contributed by atoms with Crippen molar-refractivity contribution in [2.24, 2.45) is 5.73 Å². The molecule has 1 fully saturated rings. The van der Waals surface area contributed by atoms with E-state index in [-0.39, 0.29) is 5.56 Å².